The molecule has 4 rings (SSSR count). The van der Waals surface area contributed by atoms with Gasteiger partial charge in [0.25, 0.3) is 0 Å². The lowest BCUT2D eigenvalue weighted by molar-refractivity contribution is -0.137. The number of rotatable bonds is 3. The summed E-state index contributed by atoms with van der Waals surface area (Å²) in [6, 6.07) is 14.8. The fourth-order valence-electron chi connectivity index (χ4n) is 4.75. The summed E-state index contributed by atoms with van der Waals surface area (Å²) in [7, 11) is 0. The highest BCUT2D eigenvalue weighted by atomic mass is 127. The van der Waals surface area contributed by atoms with E-state index in [1.54, 1.807) is 6.92 Å². The molecule has 2 aromatic rings. The van der Waals surface area contributed by atoms with Crippen LogP contribution in [-0.4, -0.2) is 16.5 Å². The summed E-state index contributed by atoms with van der Waals surface area (Å²) >= 11 is 2.36. The van der Waals surface area contributed by atoms with Gasteiger partial charge in [0.1, 0.15) is 0 Å². The highest BCUT2D eigenvalue weighted by Gasteiger charge is 2.34. The first-order chi connectivity index (χ1) is 15.7. The number of urea groups is 1. The predicted octanol–water partition coefficient (Wildman–Crippen LogP) is 6.88. The Morgan fingerprint density at radius 2 is 1.91 bits per heavy atom. The zero-order chi connectivity index (χ0) is 23.8. The molecular weight excluding hydrogens is 542 g/mol. The molecule has 0 aromatic heterocycles. The van der Waals surface area contributed by atoms with Gasteiger partial charge in [-0.3, -0.25) is 4.90 Å². The summed E-state index contributed by atoms with van der Waals surface area (Å²) in [6.45, 7) is 2.08. The number of anilines is 1. The number of nitrogens with zero attached hydrogens (tertiary/aromatic N) is 2. The first kappa shape index (κ1) is 23.6. The molecule has 3 atom stereocenters. The lowest BCUT2D eigenvalue weighted by Crippen LogP contribution is -2.44. The van der Waals surface area contributed by atoms with Gasteiger partial charge < -0.3 is 5.32 Å². The van der Waals surface area contributed by atoms with Gasteiger partial charge >= 0.3 is 12.2 Å². The molecule has 4 nitrogen and oxygen atoms in total. The van der Waals surface area contributed by atoms with E-state index in [1.165, 1.54) is 17.0 Å². The molecule has 0 saturated heterocycles. The summed E-state index contributed by atoms with van der Waals surface area (Å²) in [4.78, 5) is 14.0. The second kappa shape index (κ2) is 9.37. The second-order valence-corrected chi connectivity index (χ2v) is 10.1. The number of hydrogen-bond donors (Lipinski definition) is 1. The van der Waals surface area contributed by atoms with Crippen molar-refractivity contribution in [2.75, 3.05) is 11.4 Å². The minimum absolute atomic E-state index is 0.0559. The van der Waals surface area contributed by atoms with Crippen molar-refractivity contribution in [3.05, 3.63) is 70.9 Å². The fourth-order valence-corrected chi connectivity index (χ4v) is 5.89. The Balaban J connectivity index is 1.74. The number of amides is 2. The molecule has 8 heteroatoms. The predicted molar refractivity (Wildman–Crippen MR) is 130 cm³/mol. The fraction of sp³-hybridized carbons (Fsp3) is 0.360. The van der Waals surface area contributed by atoms with E-state index >= 15 is 0 Å². The van der Waals surface area contributed by atoms with Crippen molar-refractivity contribution >= 4 is 39.9 Å². The van der Waals surface area contributed by atoms with Crippen molar-refractivity contribution in [3.63, 3.8) is 0 Å². The summed E-state index contributed by atoms with van der Waals surface area (Å²) in [5.41, 5.74) is 3.03. The molecule has 1 fully saturated rings. The monoisotopic (exact) mass is 565 g/mol. The molecule has 0 bridgehead atoms. The molecule has 2 aromatic carbocycles. The smallest absolute Gasteiger partial charge is 0.333 e. The SMILES string of the molecule is CC1=C(c2ccccc2C2CCC(C#N)C(I)C2)CNC(=O)N1c1cccc(C(F)(F)F)c1. The highest BCUT2D eigenvalue weighted by Crippen LogP contribution is 2.43. The lowest BCUT2D eigenvalue weighted by atomic mass is 9.77. The zero-order valence-corrected chi connectivity index (χ0v) is 20.2. The van der Waals surface area contributed by atoms with Crippen LogP contribution in [0.4, 0.5) is 23.7 Å². The third-order valence-electron chi connectivity index (χ3n) is 6.49. The van der Waals surface area contributed by atoms with Gasteiger partial charge in [-0.2, -0.15) is 18.4 Å². The maximum Gasteiger partial charge on any atom is 0.416 e. The quantitative estimate of drug-likeness (QED) is 0.326. The van der Waals surface area contributed by atoms with Crippen molar-refractivity contribution < 1.29 is 18.0 Å². The molecule has 1 N–H and O–H groups in total. The Morgan fingerprint density at radius 3 is 2.61 bits per heavy atom. The van der Waals surface area contributed by atoms with Crippen molar-refractivity contribution in [1.29, 1.82) is 5.26 Å². The van der Waals surface area contributed by atoms with E-state index in [0.29, 0.717) is 12.2 Å². The van der Waals surface area contributed by atoms with Gasteiger partial charge in [-0.1, -0.05) is 52.9 Å². The van der Waals surface area contributed by atoms with Gasteiger partial charge in [-0.25, -0.2) is 4.79 Å². The van der Waals surface area contributed by atoms with Crippen LogP contribution in [0.3, 0.4) is 0 Å². The first-order valence-corrected chi connectivity index (χ1v) is 12.0. The number of hydrogen-bond acceptors (Lipinski definition) is 2. The van der Waals surface area contributed by atoms with Crippen LogP contribution in [0.25, 0.3) is 5.57 Å². The number of alkyl halides is 4. The number of nitrogens with one attached hydrogen (secondary N) is 1. The molecule has 2 amide bonds. The largest absolute Gasteiger partial charge is 0.416 e. The Kier molecular flexibility index (Phi) is 6.71. The zero-order valence-electron chi connectivity index (χ0n) is 18.0. The topological polar surface area (TPSA) is 56.1 Å². The molecule has 2 aliphatic rings. The normalized spacial score (nSPS) is 23.8. The van der Waals surface area contributed by atoms with Crippen molar-refractivity contribution in [3.8, 4) is 6.07 Å². The van der Waals surface area contributed by atoms with Crippen LogP contribution in [0.1, 0.15) is 48.8 Å². The molecule has 0 radical (unpaired) electrons. The minimum atomic E-state index is -4.49. The minimum Gasteiger partial charge on any atom is -0.333 e. The summed E-state index contributed by atoms with van der Waals surface area (Å²) in [5.74, 6) is 0.341. The van der Waals surface area contributed by atoms with Crippen LogP contribution >= 0.6 is 22.6 Å². The van der Waals surface area contributed by atoms with Crippen LogP contribution in [0.5, 0.6) is 0 Å². The molecule has 172 valence electrons. The second-order valence-electron chi connectivity index (χ2n) is 8.45. The summed E-state index contributed by atoms with van der Waals surface area (Å²) < 4.78 is 40.1. The number of carbonyl (C=O) groups is 1. The van der Waals surface area contributed by atoms with Gasteiger partial charge in [0.2, 0.25) is 0 Å². The number of halogens is 4. The Bertz CT molecular complexity index is 1140. The molecule has 3 unspecified atom stereocenters. The van der Waals surface area contributed by atoms with E-state index in [4.69, 9.17) is 0 Å². The van der Waals surface area contributed by atoms with Crippen LogP contribution < -0.4 is 10.2 Å². The van der Waals surface area contributed by atoms with Crippen LogP contribution in [0.15, 0.2) is 54.2 Å². The maximum absolute atomic E-state index is 13.3. The van der Waals surface area contributed by atoms with Crippen LogP contribution in [0, 0.1) is 17.2 Å². The first-order valence-electron chi connectivity index (χ1n) is 10.8. The van der Waals surface area contributed by atoms with Crippen molar-refractivity contribution in [2.24, 2.45) is 5.92 Å². The highest BCUT2D eigenvalue weighted by molar-refractivity contribution is 14.1. The van der Waals surface area contributed by atoms with E-state index in [9.17, 15) is 23.2 Å². The molecule has 1 aliphatic carbocycles. The van der Waals surface area contributed by atoms with Crippen molar-refractivity contribution in [1.82, 2.24) is 5.32 Å². The number of benzene rings is 2. The van der Waals surface area contributed by atoms with Crippen molar-refractivity contribution in [2.45, 2.75) is 42.2 Å². The Morgan fingerprint density at radius 1 is 1.15 bits per heavy atom. The van der Waals surface area contributed by atoms with E-state index in [2.05, 4.69) is 40.0 Å². The Hall–Kier alpha value is -2.54. The van der Waals surface area contributed by atoms with E-state index in [-0.39, 0.29) is 21.4 Å². The standard InChI is InChI=1S/C25H23F3IN3O/c1-15-22(14-31-24(33)32(15)19-6-4-5-18(12-19)25(26,27)28)21-8-3-2-7-20(21)16-9-10-17(13-30)23(29)11-16/h2-8,12,16-17,23H,9-11,14H2,1H3,(H,31,33). The van der Waals surface area contributed by atoms with Gasteiger partial charge in [-0.05, 0) is 67.0 Å². The third-order valence-corrected chi connectivity index (χ3v) is 7.86. The van der Waals surface area contributed by atoms with E-state index in [1.807, 2.05) is 18.2 Å². The van der Waals surface area contributed by atoms with Gasteiger partial charge in [0, 0.05) is 16.2 Å². The third kappa shape index (κ3) is 4.74. The molecular formula is C25H23F3IN3O. The van der Waals surface area contributed by atoms with Crippen LogP contribution in [-0.2, 0) is 6.18 Å². The molecule has 1 aliphatic heterocycles. The van der Waals surface area contributed by atoms with Gasteiger partial charge in [-0.15, -0.1) is 0 Å². The Labute approximate surface area is 204 Å². The van der Waals surface area contributed by atoms with Gasteiger partial charge in [0.15, 0.2) is 0 Å². The van der Waals surface area contributed by atoms with Gasteiger partial charge in [0.05, 0.1) is 23.2 Å². The number of carbonyl (C=O) groups excluding carboxylic acids is 1. The lowest BCUT2D eigenvalue weighted by Gasteiger charge is -2.34. The molecule has 33 heavy (non-hydrogen) atoms. The maximum atomic E-state index is 13.3. The van der Waals surface area contributed by atoms with Crippen LogP contribution in [0.2, 0.25) is 0 Å². The molecule has 0 spiro atoms. The van der Waals surface area contributed by atoms with E-state index in [0.717, 1.165) is 48.1 Å². The van der Waals surface area contributed by atoms with E-state index < -0.39 is 17.8 Å². The number of allylic oxidation sites excluding steroid dienone is 1. The number of nitriles is 1. The average Bonchev–Trinajstić information content (AvgIpc) is 2.79. The summed E-state index contributed by atoms with van der Waals surface area (Å²) in [6.07, 6.45) is -1.85. The average molecular weight is 565 g/mol. The molecule has 1 saturated carbocycles. The summed E-state index contributed by atoms with van der Waals surface area (Å²) in [5, 5.41) is 12.2. The molecule has 1 heterocycles.